The van der Waals surface area contributed by atoms with E-state index in [0.717, 1.165) is 50.9 Å². The second kappa shape index (κ2) is 6.80. The Morgan fingerprint density at radius 2 is 2.29 bits per heavy atom. The van der Waals surface area contributed by atoms with Crippen LogP contribution in [-0.2, 0) is 6.42 Å². The maximum atomic E-state index is 5.35. The summed E-state index contributed by atoms with van der Waals surface area (Å²) in [5.74, 6) is 2.02. The lowest BCUT2D eigenvalue weighted by Gasteiger charge is -2.25. The van der Waals surface area contributed by atoms with Crippen LogP contribution in [0.3, 0.4) is 0 Å². The summed E-state index contributed by atoms with van der Waals surface area (Å²) in [5.41, 5.74) is 0. The average Bonchev–Trinajstić information content (AvgIpc) is 3.24. The summed E-state index contributed by atoms with van der Waals surface area (Å²) in [7, 11) is 1.86. The van der Waals surface area contributed by atoms with E-state index >= 15 is 0 Å². The van der Waals surface area contributed by atoms with Crippen molar-refractivity contribution in [3.63, 3.8) is 0 Å². The molecular weight excluding hydrogens is 264 g/mol. The molecule has 1 aromatic heterocycles. The van der Waals surface area contributed by atoms with E-state index in [1.807, 2.05) is 19.2 Å². The smallest absolute Gasteiger partial charge is 0.193 e. The van der Waals surface area contributed by atoms with Crippen LogP contribution in [0.1, 0.15) is 12.2 Å². The van der Waals surface area contributed by atoms with Gasteiger partial charge in [0.1, 0.15) is 5.76 Å². The topological polar surface area (TPSA) is 44.0 Å². The first-order chi connectivity index (χ1) is 10.4. The van der Waals surface area contributed by atoms with E-state index in [1.54, 1.807) is 6.26 Å². The molecule has 1 atom stereocenters. The molecule has 0 radical (unpaired) electrons. The summed E-state index contributed by atoms with van der Waals surface area (Å²) in [6, 6.07) is 4.60. The van der Waals surface area contributed by atoms with Crippen LogP contribution in [0.5, 0.6) is 0 Å². The highest BCUT2D eigenvalue weighted by Gasteiger charge is 2.29. The molecule has 0 amide bonds. The van der Waals surface area contributed by atoms with Gasteiger partial charge in [-0.3, -0.25) is 9.89 Å². The van der Waals surface area contributed by atoms with Crippen molar-refractivity contribution in [2.75, 3.05) is 39.8 Å². The second-order valence-electron chi connectivity index (χ2n) is 5.62. The van der Waals surface area contributed by atoms with Gasteiger partial charge in [0, 0.05) is 52.2 Å². The van der Waals surface area contributed by atoms with Crippen molar-refractivity contribution >= 4 is 5.96 Å². The number of guanidine groups is 1. The minimum atomic E-state index is 0.656. The van der Waals surface area contributed by atoms with Crippen molar-refractivity contribution in [1.29, 1.82) is 0 Å². The number of rotatable bonds is 4. The monoisotopic (exact) mass is 288 g/mol. The number of hydrogen-bond donors (Lipinski definition) is 1. The zero-order chi connectivity index (χ0) is 14.5. The van der Waals surface area contributed by atoms with Gasteiger partial charge in [0.25, 0.3) is 0 Å². The standard InChI is InChI=1S/C16H24N4O/c1-17-16(18-8-6-15-5-4-12-21-15)20-11-7-14(13-20)19-9-2-3-10-19/h2-5,12,14H,6-11,13H2,1H3,(H,17,18). The van der Waals surface area contributed by atoms with Crippen LogP contribution in [0.4, 0.5) is 0 Å². The summed E-state index contributed by atoms with van der Waals surface area (Å²) < 4.78 is 5.35. The van der Waals surface area contributed by atoms with Gasteiger partial charge in [0.2, 0.25) is 0 Å². The van der Waals surface area contributed by atoms with Gasteiger partial charge < -0.3 is 14.6 Å². The SMILES string of the molecule is CN=C(NCCc1ccco1)N1CCC(N2CC=CC2)C1. The molecule has 0 saturated carbocycles. The largest absolute Gasteiger partial charge is 0.469 e. The van der Waals surface area contributed by atoms with E-state index in [0.29, 0.717) is 6.04 Å². The van der Waals surface area contributed by atoms with Crippen LogP contribution < -0.4 is 5.32 Å². The minimum Gasteiger partial charge on any atom is -0.469 e. The number of hydrogen-bond acceptors (Lipinski definition) is 3. The highest BCUT2D eigenvalue weighted by molar-refractivity contribution is 5.80. The van der Waals surface area contributed by atoms with E-state index in [2.05, 4.69) is 32.3 Å². The highest BCUT2D eigenvalue weighted by atomic mass is 16.3. The molecule has 3 rings (SSSR count). The van der Waals surface area contributed by atoms with Gasteiger partial charge in [0.05, 0.1) is 6.26 Å². The lowest BCUT2D eigenvalue weighted by Crippen LogP contribution is -2.43. The Kier molecular flexibility index (Phi) is 4.60. The zero-order valence-electron chi connectivity index (χ0n) is 12.7. The maximum absolute atomic E-state index is 5.35. The number of nitrogens with zero attached hydrogens (tertiary/aromatic N) is 3. The molecule has 2 aliphatic heterocycles. The number of aliphatic imine (C=N–C) groups is 1. The molecule has 21 heavy (non-hydrogen) atoms. The Bertz CT molecular complexity index is 486. The fourth-order valence-electron chi connectivity index (χ4n) is 3.11. The van der Waals surface area contributed by atoms with Crippen LogP contribution >= 0.6 is 0 Å². The maximum Gasteiger partial charge on any atom is 0.193 e. The molecule has 0 spiro atoms. The summed E-state index contributed by atoms with van der Waals surface area (Å²) in [6.45, 7) is 5.21. The van der Waals surface area contributed by atoms with Gasteiger partial charge in [-0.15, -0.1) is 0 Å². The van der Waals surface area contributed by atoms with Crippen LogP contribution in [0.25, 0.3) is 0 Å². The van der Waals surface area contributed by atoms with Crippen molar-refractivity contribution < 1.29 is 4.42 Å². The van der Waals surface area contributed by atoms with Crippen molar-refractivity contribution in [3.8, 4) is 0 Å². The lowest BCUT2D eigenvalue weighted by atomic mass is 10.2. The molecule has 1 saturated heterocycles. The predicted octanol–water partition coefficient (Wildman–Crippen LogP) is 1.34. The third-order valence-electron chi connectivity index (χ3n) is 4.27. The van der Waals surface area contributed by atoms with Gasteiger partial charge in [-0.1, -0.05) is 12.2 Å². The fraction of sp³-hybridized carbons (Fsp3) is 0.562. The number of furan rings is 1. The second-order valence-corrected chi connectivity index (χ2v) is 5.62. The van der Waals surface area contributed by atoms with Crippen molar-refractivity contribution in [2.45, 2.75) is 18.9 Å². The van der Waals surface area contributed by atoms with Gasteiger partial charge in [-0.05, 0) is 18.6 Å². The molecule has 0 aromatic carbocycles. The Morgan fingerprint density at radius 3 is 3.00 bits per heavy atom. The minimum absolute atomic E-state index is 0.656. The predicted molar refractivity (Wildman–Crippen MR) is 84.5 cm³/mol. The quantitative estimate of drug-likeness (QED) is 0.516. The molecule has 1 unspecified atom stereocenters. The van der Waals surface area contributed by atoms with E-state index in [4.69, 9.17) is 4.42 Å². The van der Waals surface area contributed by atoms with Gasteiger partial charge >= 0.3 is 0 Å². The molecule has 114 valence electrons. The van der Waals surface area contributed by atoms with E-state index in [9.17, 15) is 0 Å². The number of likely N-dealkylation sites (tertiary alicyclic amines) is 1. The summed E-state index contributed by atoms with van der Waals surface area (Å²) >= 11 is 0. The third-order valence-corrected chi connectivity index (χ3v) is 4.27. The Hall–Kier alpha value is -1.75. The molecule has 1 aromatic rings. The van der Waals surface area contributed by atoms with E-state index in [-0.39, 0.29) is 0 Å². The van der Waals surface area contributed by atoms with Gasteiger partial charge in [-0.2, -0.15) is 0 Å². The molecule has 1 fully saturated rings. The molecule has 0 aliphatic carbocycles. The molecular formula is C16H24N4O. The van der Waals surface area contributed by atoms with Crippen LogP contribution in [0, 0.1) is 0 Å². The number of nitrogens with one attached hydrogen (secondary N) is 1. The normalized spacial score (nSPS) is 23.2. The Balaban J connectivity index is 1.45. The lowest BCUT2D eigenvalue weighted by molar-refractivity contribution is 0.259. The first-order valence-electron chi connectivity index (χ1n) is 7.74. The highest BCUT2D eigenvalue weighted by Crippen LogP contribution is 2.17. The third kappa shape index (κ3) is 3.47. The van der Waals surface area contributed by atoms with Gasteiger partial charge in [-0.25, -0.2) is 0 Å². The summed E-state index contributed by atoms with van der Waals surface area (Å²) in [4.78, 5) is 9.32. The van der Waals surface area contributed by atoms with Crippen LogP contribution in [0.2, 0.25) is 0 Å². The van der Waals surface area contributed by atoms with Crippen molar-refractivity contribution in [1.82, 2.24) is 15.1 Å². The molecule has 1 N–H and O–H groups in total. The van der Waals surface area contributed by atoms with Crippen LogP contribution in [0.15, 0.2) is 40.0 Å². The first kappa shape index (κ1) is 14.2. The van der Waals surface area contributed by atoms with Crippen molar-refractivity contribution in [3.05, 3.63) is 36.3 Å². The van der Waals surface area contributed by atoms with E-state index < -0.39 is 0 Å². The summed E-state index contributed by atoms with van der Waals surface area (Å²) in [6.07, 6.45) is 8.36. The summed E-state index contributed by atoms with van der Waals surface area (Å²) in [5, 5.41) is 3.44. The van der Waals surface area contributed by atoms with E-state index in [1.165, 1.54) is 6.42 Å². The molecule has 3 heterocycles. The Labute approximate surface area is 126 Å². The molecule has 2 aliphatic rings. The molecule has 5 heteroatoms. The molecule has 5 nitrogen and oxygen atoms in total. The zero-order valence-corrected chi connectivity index (χ0v) is 12.7. The first-order valence-corrected chi connectivity index (χ1v) is 7.74. The Morgan fingerprint density at radius 1 is 1.43 bits per heavy atom. The van der Waals surface area contributed by atoms with Gasteiger partial charge in [0.15, 0.2) is 5.96 Å². The van der Waals surface area contributed by atoms with Crippen molar-refractivity contribution in [2.24, 2.45) is 4.99 Å². The average molecular weight is 288 g/mol. The fourth-order valence-corrected chi connectivity index (χ4v) is 3.11. The van der Waals surface area contributed by atoms with Crippen LogP contribution in [-0.4, -0.2) is 61.6 Å². The molecule has 0 bridgehead atoms.